The Balaban J connectivity index is 1.53. The summed E-state index contributed by atoms with van der Waals surface area (Å²) < 4.78 is 27.8. The summed E-state index contributed by atoms with van der Waals surface area (Å²) in [7, 11) is 0. The maximum atomic E-state index is 13.9. The van der Waals surface area contributed by atoms with Crippen molar-refractivity contribution in [3.63, 3.8) is 0 Å². The molecule has 1 saturated heterocycles. The van der Waals surface area contributed by atoms with Gasteiger partial charge < -0.3 is 15.5 Å². The van der Waals surface area contributed by atoms with E-state index in [4.69, 9.17) is 0 Å². The topological polar surface area (TPSA) is 61.4 Å². The highest BCUT2D eigenvalue weighted by Crippen LogP contribution is 2.30. The fourth-order valence-corrected chi connectivity index (χ4v) is 3.30. The number of nitrogens with zero attached hydrogens (tertiary/aromatic N) is 1. The van der Waals surface area contributed by atoms with Crippen LogP contribution >= 0.6 is 0 Å². The van der Waals surface area contributed by atoms with Crippen LogP contribution in [0.4, 0.5) is 25.8 Å². The van der Waals surface area contributed by atoms with Crippen LogP contribution in [-0.2, 0) is 16.0 Å². The van der Waals surface area contributed by atoms with E-state index in [0.29, 0.717) is 18.5 Å². The largest absolute Gasteiger partial charge is 0.374 e. The summed E-state index contributed by atoms with van der Waals surface area (Å²) in [6.07, 6.45) is 0.733. The van der Waals surface area contributed by atoms with Crippen LogP contribution < -0.4 is 15.5 Å². The van der Waals surface area contributed by atoms with Crippen molar-refractivity contribution in [3.8, 4) is 0 Å². The molecule has 128 valence electrons. The molecule has 0 aliphatic carbocycles. The van der Waals surface area contributed by atoms with Gasteiger partial charge in [-0.1, -0.05) is 6.07 Å². The van der Waals surface area contributed by atoms with Crippen LogP contribution in [0.15, 0.2) is 36.4 Å². The van der Waals surface area contributed by atoms with E-state index in [9.17, 15) is 18.4 Å². The molecule has 5 nitrogen and oxygen atoms in total. The minimum atomic E-state index is -0.754. The Labute approximate surface area is 142 Å². The second kappa shape index (κ2) is 5.84. The number of rotatable bonds is 3. The number of hydrogen-bond acceptors (Lipinski definition) is 3. The summed E-state index contributed by atoms with van der Waals surface area (Å²) in [5.74, 6) is -1.95. The fourth-order valence-electron chi connectivity index (χ4n) is 3.30. The quantitative estimate of drug-likeness (QED) is 0.901. The van der Waals surface area contributed by atoms with Gasteiger partial charge in [0.05, 0.1) is 6.42 Å². The Morgan fingerprint density at radius 2 is 1.88 bits per heavy atom. The zero-order valence-electron chi connectivity index (χ0n) is 13.2. The van der Waals surface area contributed by atoms with Gasteiger partial charge in [-0.15, -0.1) is 0 Å². The Morgan fingerprint density at radius 1 is 1.12 bits per heavy atom. The number of halogens is 2. The molecule has 2 aromatic rings. The van der Waals surface area contributed by atoms with Gasteiger partial charge in [0.1, 0.15) is 23.4 Å². The number of amides is 2. The molecule has 2 N–H and O–H groups in total. The molecule has 0 radical (unpaired) electrons. The molecule has 2 aliphatic heterocycles. The Kier molecular flexibility index (Phi) is 3.63. The van der Waals surface area contributed by atoms with E-state index in [1.165, 1.54) is 6.07 Å². The predicted molar refractivity (Wildman–Crippen MR) is 89.5 cm³/mol. The zero-order valence-corrected chi connectivity index (χ0v) is 13.2. The van der Waals surface area contributed by atoms with Crippen LogP contribution in [0.5, 0.6) is 0 Å². The van der Waals surface area contributed by atoms with Gasteiger partial charge in [-0.2, -0.15) is 0 Å². The first kappa shape index (κ1) is 15.6. The lowest BCUT2D eigenvalue weighted by atomic mass is 10.1. The molecule has 2 heterocycles. The zero-order chi connectivity index (χ0) is 17.6. The summed E-state index contributed by atoms with van der Waals surface area (Å²) in [4.78, 5) is 25.1. The van der Waals surface area contributed by atoms with Crippen molar-refractivity contribution in [3.05, 3.63) is 53.6 Å². The number of fused-ring (bicyclic) bond motifs is 1. The van der Waals surface area contributed by atoms with E-state index in [0.717, 1.165) is 28.3 Å². The molecule has 7 heteroatoms. The molecule has 4 rings (SSSR count). The van der Waals surface area contributed by atoms with Gasteiger partial charge in [-0.3, -0.25) is 9.59 Å². The molecule has 25 heavy (non-hydrogen) atoms. The highest BCUT2D eigenvalue weighted by atomic mass is 19.1. The third-order valence-electron chi connectivity index (χ3n) is 4.48. The summed E-state index contributed by atoms with van der Waals surface area (Å²) in [5, 5.41) is 5.84. The van der Waals surface area contributed by atoms with Gasteiger partial charge in [0.2, 0.25) is 11.8 Å². The standard InChI is InChI=1S/C18H15F2N3O2/c19-12-2-1-3-13(20)17(12)23-7-6-15(18(23)25)21-11-4-5-14-10(8-11)9-16(24)22-14/h1-5,8,15,21H,6-7,9H2,(H,22,24). The highest BCUT2D eigenvalue weighted by Gasteiger charge is 2.35. The second-order valence-corrected chi connectivity index (χ2v) is 6.14. The fraction of sp³-hybridized carbons (Fsp3) is 0.222. The van der Waals surface area contributed by atoms with E-state index in [-0.39, 0.29) is 24.0 Å². The maximum Gasteiger partial charge on any atom is 0.249 e. The molecule has 2 aromatic carbocycles. The van der Waals surface area contributed by atoms with Crippen molar-refractivity contribution in [1.82, 2.24) is 0 Å². The first-order valence-electron chi connectivity index (χ1n) is 7.97. The Bertz CT molecular complexity index is 864. The molecule has 1 atom stereocenters. The van der Waals surface area contributed by atoms with E-state index in [1.54, 1.807) is 12.1 Å². The third-order valence-corrected chi connectivity index (χ3v) is 4.48. The van der Waals surface area contributed by atoms with Crippen molar-refractivity contribution >= 4 is 28.9 Å². The number of anilines is 3. The monoisotopic (exact) mass is 343 g/mol. The minimum absolute atomic E-state index is 0.0645. The van der Waals surface area contributed by atoms with Crippen LogP contribution in [-0.4, -0.2) is 24.4 Å². The highest BCUT2D eigenvalue weighted by molar-refractivity contribution is 6.02. The molecule has 0 bridgehead atoms. The van der Waals surface area contributed by atoms with Gasteiger partial charge in [-0.25, -0.2) is 8.78 Å². The average Bonchev–Trinajstić information content (AvgIpc) is 3.10. The lowest BCUT2D eigenvalue weighted by molar-refractivity contribution is -0.118. The lowest BCUT2D eigenvalue weighted by Crippen LogP contribution is -2.34. The summed E-state index contributed by atoms with van der Waals surface area (Å²) >= 11 is 0. The van der Waals surface area contributed by atoms with Crippen molar-refractivity contribution in [2.24, 2.45) is 0 Å². The number of nitrogens with one attached hydrogen (secondary N) is 2. The van der Waals surface area contributed by atoms with Crippen LogP contribution in [0.1, 0.15) is 12.0 Å². The van der Waals surface area contributed by atoms with Gasteiger partial charge in [0, 0.05) is 17.9 Å². The molecule has 2 amide bonds. The van der Waals surface area contributed by atoms with Crippen molar-refractivity contribution in [2.45, 2.75) is 18.9 Å². The van der Waals surface area contributed by atoms with Crippen molar-refractivity contribution < 1.29 is 18.4 Å². The number of hydrogen-bond donors (Lipinski definition) is 2. The van der Waals surface area contributed by atoms with Crippen molar-refractivity contribution in [1.29, 1.82) is 0 Å². The van der Waals surface area contributed by atoms with E-state index in [1.807, 2.05) is 6.07 Å². The first-order chi connectivity index (χ1) is 12.0. The summed E-state index contributed by atoms with van der Waals surface area (Å²) in [5.41, 5.74) is 2.02. The first-order valence-corrected chi connectivity index (χ1v) is 7.97. The lowest BCUT2D eigenvalue weighted by Gasteiger charge is -2.19. The van der Waals surface area contributed by atoms with E-state index in [2.05, 4.69) is 10.6 Å². The number of carbonyl (C=O) groups is 2. The van der Waals surface area contributed by atoms with E-state index < -0.39 is 17.7 Å². The minimum Gasteiger partial charge on any atom is -0.374 e. The SMILES string of the molecule is O=C1Cc2cc(NC3CCN(c4c(F)cccc4F)C3=O)ccc2N1. The van der Waals surface area contributed by atoms with Crippen LogP contribution in [0.2, 0.25) is 0 Å². The van der Waals surface area contributed by atoms with Crippen molar-refractivity contribution in [2.75, 3.05) is 22.1 Å². The van der Waals surface area contributed by atoms with Gasteiger partial charge >= 0.3 is 0 Å². The van der Waals surface area contributed by atoms with E-state index >= 15 is 0 Å². The van der Waals surface area contributed by atoms with Gasteiger partial charge in [-0.05, 0) is 42.3 Å². The summed E-state index contributed by atoms with van der Waals surface area (Å²) in [6.45, 7) is 0.235. The molecule has 1 unspecified atom stereocenters. The Morgan fingerprint density at radius 3 is 2.64 bits per heavy atom. The smallest absolute Gasteiger partial charge is 0.249 e. The number of benzene rings is 2. The molecule has 0 spiro atoms. The number of carbonyl (C=O) groups excluding carboxylic acids is 2. The molecular weight excluding hydrogens is 328 g/mol. The molecule has 0 saturated carbocycles. The second-order valence-electron chi connectivity index (χ2n) is 6.14. The van der Waals surface area contributed by atoms with Gasteiger partial charge in [0.25, 0.3) is 0 Å². The Hall–Kier alpha value is -2.96. The maximum absolute atomic E-state index is 13.9. The van der Waals surface area contributed by atoms with Crippen LogP contribution in [0.25, 0.3) is 0 Å². The van der Waals surface area contributed by atoms with Crippen LogP contribution in [0.3, 0.4) is 0 Å². The molecule has 0 aromatic heterocycles. The predicted octanol–water partition coefficient (Wildman–Crippen LogP) is 2.68. The molecular formula is C18H15F2N3O2. The molecule has 2 aliphatic rings. The number of para-hydroxylation sites is 1. The van der Waals surface area contributed by atoms with Gasteiger partial charge in [0.15, 0.2) is 0 Å². The average molecular weight is 343 g/mol. The third kappa shape index (κ3) is 2.71. The molecule has 1 fully saturated rings. The van der Waals surface area contributed by atoms with Crippen LogP contribution in [0, 0.1) is 11.6 Å². The summed E-state index contributed by atoms with van der Waals surface area (Å²) in [6, 6.07) is 8.33. The normalized spacial score (nSPS) is 19.1.